The van der Waals surface area contributed by atoms with Crippen LogP contribution in [-0.4, -0.2) is 33.2 Å². The van der Waals surface area contributed by atoms with Crippen molar-refractivity contribution in [3.05, 3.63) is 101 Å². The molecule has 190 valence electrons. The summed E-state index contributed by atoms with van der Waals surface area (Å²) < 4.78 is 0. The van der Waals surface area contributed by atoms with Gasteiger partial charge < -0.3 is 10.6 Å². The molecule has 2 aromatic carbocycles. The smallest absolute Gasteiger partial charge is 0.251 e. The summed E-state index contributed by atoms with van der Waals surface area (Å²) in [5.74, 6) is -0.187. The molecule has 1 saturated heterocycles. The van der Waals surface area contributed by atoms with Crippen LogP contribution in [0.3, 0.4) is 0 Å². The Kier molecular flexibility index (Phi) is 6.78. The molecule has 1 unspecified atom stereocenters. The van der Waals surface area contributed by atoms with E-state index >= 15 is 0 Å². The average molecular weight is 496 g/mol. The lowest BCUT2D eigenvalue weighted by molar-refractivity contribution is -0.132. The molecule has 2 amide bonds. The van der Waals surface area contributed by atoms with Gasteiger partial charge in [0, 0.05) is 23.5 Å². The van der Waals surface area contributed by atoms with Crippen LogP contribution in [0.15, 0.2) is 73.1 Å². The summed E-state index contributed by atoms with van der Waals surface area (Å²) in [4.78, 5) is 32.6. The second kappa shape index (κ2) is 10.2. The second-order valence-corrected chi connectivity index (χ2v) is 9.98. The number of hydrogen-bond donors (Lipinski definition) is 3. The molecule has 0 bridgehead atoms. The predicted molar refractivity (Wildman–Crippen MR) is 143 cm³/mol. The van der Waals surface area contributed by atoms with Gasteiger partial charge in [0.2, 0.25) is 5.91 Å². The summed E-state index contributed by atoms with van der Waals surface area (Å²) >= 11 is 0. The average Bonchev–Trinajstić information content (AvgIpc) is 3.33. The zero-order valence-corrected chi connectivity index (χ0v) is 21.3. The third-order valence-electron chi connectivity index (χ3n) is 7.90. The molecule has 5 rings (SSSR count). The highest BCUT2D eigenvalue weighted by Crippen LogP contribution is 2.35. The molecule has 3 aromatic rings. The Hall–Kier alpha value is -4.00. The number of nitrogens with zero attached hydrogens (tertiary/aromatic N) is 2. The van der Waals surface area contributed by atoms with E-state index in [1.54, 1.807) is 18.5 Å². The lowest BCUT2D eigenvalue weighted by Crippen LogP contribution is -2.62. The number of carbonyl (C=O) groups excluding carboxylic acids is 2. The van der Waals surface area contributed by atoms with Gasteiger partial charge in [0.1, 0.15) is 0 Å². The van der Waals surface area contributed by atoms with Gasteiger partial charge in [0.15, 0.2) is 5.96 Å². The van der Waals surface area contributed by atoms with Gasteiger partial charge in [-0.25, -0.2) is 0 Å². The summed E-state index contributed by atoms with van der Waals surface area (Å²) in [5, 5.41) is 15.3. The Bertz CT molecular complexity index is 1300. The molecule has 1 aliphatic carbocycles. The van der Waals surface area contributed by atoms with Crippen molar-refractivity contribution in [2.75, 3.05) is 0 Å². The fourth-order valence-electron chi connectivity index (χ4n) is 5.63. The lowest BCUT2D eigenvalue weighted by Gasteiger charge is -2.45. The molecule has 2 heterocycles. The number of aryl methyl sites for hydroxylation is 1. The normalized spacial score (nSPS) is 19.2. The quantitative estimate of drug-likeness (QED) is 0.434. The first-order valence-corrected chi connectivity index (χ1v) is 13.0. The van der Waals surface area contributed by atoms with E-state index in [4.69, 9.17) is 5.41 Å². The second-order valence-electron chi connectivity index (χ2n) is 9.98. The molecule has 1 fully saturated rings. The first-order chi connectivity index (χ1) is 17.9. The molecule has 2 atom stereocenters. The minimum absolute atomic E-state index is 0.0151. The predicted octanol–water partition coefficient (Wildman–Crippen LogP) is 4.90. The van der Waals surface area contributed by atoms with Crippen molar-refractivity contribution in [1.29, 1.82) is 5.41 Å². The summed E-state index contributed by atoms with van der Waals surface area (Å²) in [7, 11) is 0. The SMILES string of the molecule is CCC1(CC)CC(=O)N(C(c2cccnc2)c2cccc(C(=O)N[C@H]3CCc4ccccc43)c2)C(=N)N1. The molecule has 3 N–H and O–H groups in total. The van der Waals surface area contributed by atoms with E-state index < -0.39 is 11.6 Å². The number of rotatable bonds is 7. The van der Waals surface area contributed by atoms with Gasteiger partial charge in [0.05, 0.1) is 18.5 Å². The lowest BCUT2D eigenvalue weighted by atomic mass is 9.85. The van der Waals surface area contributed by atoms with Gasteiger partial charge in [-0.15, -0.1) is 0 Å². The van der Waals surface area contributed by atoms with Crippen LogP contribution < -0.4 is 10.6 Å². The monoisotopic (exact) mass is 495 g/mol. The molecule has 0 saturated carbocycles. The highest BCUT2D eigenvalue weighted by Gasteiger charge is 2.42. The van der Waals surface area contributed by atoms with Crippen LogP contribution >= 0.6 is 0 Å². The van der Waals surface area contributed by atoms with Crippen LogP contribution in [0.5, 0.6) is 0 Å². The van der Waals surface area contributed by atoms with Gasteiger partial charge in [-0.1, -0.05) is 56.3 Å². The molecule has 0 spiro atoms. The number of pyridine rings is 1. The standard InChI is InChI=1S/C30H33N5O2/c1-3-30(4-2)18-26(36)35(29(31)34-30)27(23-12-8-16-32-19-23)21-10-7-11-22(17-21)28(37)33-25-15-14-20-9-5-6-13-24(20)25/h5-13,16-17,19,25,27H,3-4,14-15,18H2,1-2H3,(H2,31,34)(H,33,37)/t25-,27?/m0/s1. The van der Waals surface area contributed by atoms with Crippen LogP contribution in [0, 0.1) is 5.41 Å². The first-order valence-electron chi connectivity index (χ1n) is 13.0. The Labute approximate surface area is 217 Å². The molecule has 0 radical (unpaired) electrons. The van der Waals surface area contributed by atoms with Crippen molar-refractivity contribution in [3.63, 3.8) is 0 Å². The van der Waals surface area contributed by atoms with Crippen molar-refractivity contribution >= 4 is 17.8 Å². The van der Waals surface area contributed by atoms with E-state index in [0.717, 1.165) is 36.8 Å². The summed E-state index contributed by atoms with van der Waals surface area (Å²) in [6.07, 6.45) is 7.05. The topological polar surface area (TPSA) is 98.2 Å². The molecule has 37 heavy (non-hydrogen) atoms. The molecule has 2 aliphatic rings. The van der Waals surface area contributed by atoms with E-state index in [0.29, 0.717) is 12.0 Å². The van der Waals surface area contributed by atoms with E-state index in [1.165, 1.54) is 16.0 Å². The van der Waals surface area contributed by atoms with Crippen LogP contribution in [0.1, 0.15) is 84.2 Å². The number of fused-ring (bicyclic) bond motifs is 1. The van der Waals surface area contributed by atoms with Crippen LogP contribution in [0.2, 0.25) is 0 Å². The van der Waals surface area contributed by atoms with Crippen molar-refractivity contribution in [2.24, 2.45) is 0 Å². The van der Waals surface area contributed by atoms with Crippen LogP contribution in [-0.2, 0) is 11.2 Å². The fraction of sp³-hybridized carbons (Fsp3) is 0.333. The maximum Gasteiger partial charge on any atom is 0.251 e. The number of amides is 2. The highest BCUT2D eigenvalue weighted by molar-refractivity contribution is 6.00. The minimum atomic E-state index is -0.576. The van der Waals surface area contributed by atoms with Crippen LogP contribution in [0.25, 0.3) is 0 Å². The highest BCUT2D eigenvalue weighted by atomic mass is 16.2. The van der Waals surface area contributed by atoms with E-state index in [-0.39, 0.29) is 23.8 Å². The third kappa shape index (κ3) is 4.73. The van der Waals surface area contributed by atoms with Gasteiger partial charge in [-0.05, 0) is 66.1 Å². The van der Waals surface area contributed by atoms with E-state index in [1.807, 2.05) is 56.3 Å². The Morgan fingerprint density at radius 1 is 1.14 bits per heavy atom. The maximum absolute atomic E-state index is 13.5. The molecule has 1 aliphatic heterocycles. The van der Waals surface area contributed by atoms with E-state index in [2.05, 4.69) is 27.8 Å². The van der Waals surface area contributed by atoms with Gasteiger partial charge >= 0.3 is 0 Å². The number of hydrogen-bond acceptors (Lipinski definition) is 4. The molecule has 7 heteroatoms. The summed E-state index contributed by atoms with van der Waals surface area (Å²) in [6, 6.07) is 18.7. The van der Waals surface area contributed by atoms with Crippen molar-refractivity contribution < 1.29 is 9.59 Å². The molecule has 7 nitrogen and oxygen atoms in total. The summed E-state index contributed by atoms with van der Waals surface area (Å²) in [5.41, 5.74) is 4.11. The maximum atomic E-state index is 13.5. The Balaban J connectivity index is 1.46. The van der Waals surface area contributed by atoms with Gasteiger partial charge in [-0.3, -0.25) is 24.9 Å². The largest absolute Gasteiger partial charge is 0.350 e. The number of carbonyl (C=O) groups is 2. The zero-order chi connectivity index (χ0) is 26.0. The fourth-order valence-corrected chi connectivity index (χ4v) is 5.63. The summed E-state index contributed by atoms with van der Waals surface area (Å²) in [6.45, 7) is 4.08. The van der Waals surface area contributed by atoms with Gasteiger partial charge in [0.25, 0.3) is 5.91 Å². The van der Waals surface area contributed by atoms with Crippen molar-refractivity contribution in [3.8, 4) is 0 Å². The number of aromatic nitrogens is 1. The third-order valence-corrected chi connectivity index (χ3v) is 7.90. The Morgan fingerprint density at radius 3 is 2.65 bits per heavy atom. The van der Waals surface area contributed by atoms with Gasteiger partial charge in [-0.2, -0.15) is 0 Å². The Morgan fingerprint density at radius 2 is 1.92 bits per heavy atom. The van der Waals surface area contributed by atoms with E-state index in [9.17, 15) is 9.59 Å². The molecular weight excluding hydrogens is 462 g/mol. The van der Waals surface area contributed by atoms with Crippen molar-refractivity contribution in [2.45, 2.75) is 63.6 Å². The number of nitrogens with one attached hydrogen (secondary N) is 3. The minimum Gasteiger partial charge on any atom is -0.350 e. The zero-order valence-electron chi connectivity index (χ0n) is 21.3. The van der Waals surface area contributed by atoms with Crippen LogP contribution in [0.4, 0.5) is 0 Å². The molecular formula is C30H33N5O2. The number of guanidine groups is 1. The number of benzene rings is 2. The molecule has 1 aromatic heterocycles. The first kappa shape index (κ1) is 24.7. The van der Waals surface area contributed by atoms with Crippen molar-refractivity contribution in [1.82, 2.24) is 20.5 Å².